The lowest BCUT2D eigenvalue weighted by molar-refractivity contribution is 0.272. The molecule has 1 N–H and O–H groups in total. The van der Waals surface area contributed by atoms with Crippen LogP contribution in [0.1, 0.15) is 29.2 Å². The normalized spacial score (nSPS) is 12.2. The van der Waals surface area contributed by atoms with Gasteiger partial charge >= 0.3 is 0 Å². The molecule has 2 heteroatoms. The Balaban J connectivity index is 1.79. The molecule has 1 atom stereocenters. The van der Waals surface area contributed by atoms with Crippen molar-refractivity contribution in [1.82, 2.24) is 5.32 Å². The highest BCUT2D eigenvalue weighted by Gasteiger charge is 2.04. The molecule has 1 unspecified atom stereocenters. The predicted octanol–water partition coefficient (Wildman–Crippen LogP) is 4.17. The zero-order valence-corrected chi connectivity index (χ0v) is 13.4. The molecule has 2 aromatic rings. The highest BCUT2D eigenvalue weighted by molar-refractivity contribution is 5.28. The van der Waals surface area contributed by atoms with Crippen LogP contribution in [0.4, 0.5) is 0 Å². The van der Waals surface area contributed by atoms with Crippen molar-refractivity contribution in [2.24, 2.45) is 0 Å². The second kappa shape index (κ2) is 7.28. The highest BCUT2D eigenvalue weighted by Crippen LogP contribution is 2.12. The van der Waals surface area contributed by atoms with Gasteiger partial charge in [0.1, 0.15) is 12.4 Å². The Bertz CT molecular complexity index is 554. The monoisotopic (exact) mass is 283 g/mol. The maximum Gasteiger partial charge on any atom is 0.119 e. The molecule has 112 valence electrons. The van der Waals surface area contributed by atoms with Crippen LogP contribution in [0.2, 0.25) is 0 Å². The van der Waals surface area contributed by atoms with E-state index in [0.717, 1.165) is 12.3 Å². The van der Waals surface area contributed by atoms with Gasteiger partial charge in [0.05, 0.1) is 0 Å². The van der Waals surface area contributed by atoms with Crippen molar-refractivity contribution in [3.8, 4) is 5.75 Å². The van der Waals surface area contributed by atoms with Gasteiger partial charge in [-0.3, -0.25) is 0 Å². The lowest BCUT2D eigenvalue weighted by atomic mass is 10.1. The van der Waals surface area contributed by atoms with E-state index in [1.807, 2.05) is 12.1 Å². The van der Waals surface area contributed by atoms with Gasteiger partial charge in [0.15, 0.2) is 0 Å². The maximum absolute atomic E-state index is 5.80. The summed E-state index contributed by atoms with van der Waals surface area (Å²) < 4.78 is 5.80. The summed E-state index contributed by atoms with van der Waals surface area (Å²) in [5.41, 5.74) is 5.21. The molecule has 0 heterocycles. The van der Waals surface area contributed by atoms with Gasteiger partial charge in [-0.1, -0.05) is 47.0 Å². The molecule has 2 rings (SSSR count). The Kier molecular flexibility index (Phi) is 5.40. The smallest absolute Gasteiger partial charge is 0.119 e. The fraction of sp³-hybridized carbons (Fsp3) is 0.368. The zero-order valence-electron chi connectivity index (χ0n) is 13.4. The van der Waals surface area contributed by atoms with Gasteiger partial charge in [0.2, 0.25) is 0 Å². The number of rotatable bonds is 6. The Morgan fingerprint density at radius 3 is 2.14 bits per heavy atom. The van der Waals surface area contributed by atoms with E-state index in [9.17, 15) is 0 Å². The summed E-state index contributed by atoms with van der Waals surface area (Å²) in [5.74, 6) is 0.931. The van der Waals surface area contributed by atoms with Crippen LogP contribution in [0.25, 0.3) is 0 Å². The summed E-state index contributed by atoms with van der Waals surface area (Å²) in [6.45, 7) is 10.1. The molecule has 2 nitrogen and oxygen atoms in total. The molecule has 0 fully saturated rings. The summed E-state index contributed by atoms with van der Waals surface area (Å²) in [6.07, 6.45) is 0. The maximum atomic E-state index is 5.80. The number of nitrogens with one attached hydrogen (secondary N) is 1. The van der Waals surface area contributed by atoms with Crippen molar-refractivity contribution < 1.29 is 4.74 Å². The summed E-state index contributed by atoms with van der Waals surface area (Å²) in [4.78, 5) is 0. The number of aryl methyl sites for hydroxylation is 3. The number of hydrogen-bond acceptors (Lipinski definition) is 2. The second-order valence-electron chi connectivity index (χ2n) is 5.90. The lowest BCUT2D eigenvalue weighted by Crippen LogP contribution is -2.31. The summed E-state index contributed by atoms with van der Waals surface area (Å²) in [7, 11) is 0. The summed E-state index contributed by atoms with van der Waals surface area (Å²) in [6, 6.07) is 15.2. The predicted molar refractivity (Wildman–Crippen MR) is 88.9 cm³/mol. The summed E-state index contributed by atoms with van der Waals surface area (Å²) in [5, 5.41) is 3.51. The minimum absolute atomic E-state index is 0.312. The number of hydrogen-bond donors (Lipinski definition) is 1. The first kappa shape index (κ1) is 15.6. The first-order chi connectivity index (χ1) is 10.0. The average Bonchev–Trinajstić information content (AvgIpc) is 2.43. The van der Waals surface area contributed by atoms with Crippen LogP contribution in [-0.4, -0.2) is 12.6 Å². The molecule has 0 aliphatic rings. The van der Waals surface area contributed by atoms with Crippen molar-refractivity contribution in [2.45, 2.75) is 40.3 Å². The molecular formula is C19H25NO. The van der Waals surface area contributed by atoms with E-state index in [1.165, 1.54) is 22.3 Å². The molecule has 0 aromatic heterocycles. The third-order valence-electron chi connectivity index (χ3n) is 3.46. The minimum atomic E-state index is 0.312. The van der Waals surface area contributed by atoms with Crippen LogP contribution in [-0.2, 0) is 6.54 Å². The van der Waals surface area contributed by atoms with Crippen molar-refractivity contribution in [2.75, 3.05) is 6.61 Å². The first-order valence-electron chi connectivity index (χ1n) is 7.53. The Morgan fingerprint density at radius 1 is 0.905 bits per heavy atom. The molecule has 0 aliphatic heterocycles. The van der Waals surface area contributed by atoms with Crippen LogP contribution >= 0.6 is 0 Å². The molecule has 0 aliphatic carbocycles. The molecule has 21 heavy (non-hydrogen) atoms. The average molecular weight is 283 g/mol. The van der Waals surface area contributed by atoms with E-state index in [0.29, 0.717) is 12.6 Å². The van der Waals surface area contributed by atoms with E-state index < -0.39 is 0 Å². The molecule has 0 saturated heterocycles. The fourth-order valence-electron chi connectivity index (χ4n) is 2.38. The SMILES string of the molecule is Cc1ccc(OCC(C)NCc2cc(C)cc(C)c2)cc1. The molecular weight excluding hydrogens is 258 g/mol. The van der Waals surface area contributed by atoms with Crippen LogP contribution in [0.3, 0.4) is 0 Å². The van der Waals surface area contributed by atoms with Gasteiger partial charge in [-0.25, -0.2) is 0 Å². The van der Waals surface area contributed by atoms with E-state index in [-0.39, 0.29) is 0 Å². The Labute approximate surface area is 128 Å². The molecule has 0 bridgehead atoms. The molecule has 2 aromatic carbocycles. The van der Waals surface area contributed by atoms with Gasteiger partial charge in [-0.15, -0.1) is 0 Å². The second-order valence-corrected chi connectivity index (χ2v) is 5.90. The molecule has 0 spiro atoms. The third kappa shape index (κ3) is 5.24. The van der Waals surface area contributed by atoms with Gasteiger partial charge in [-0.05, 0) is 45.4 Å². The highest BCUT2D eigenvalue weighted by atomic mass is 16.5. The largest absolute Gasteiger partial charge is 0.492 e. The Hall–Kier alpha value is -1.80. The van der Waals surface area contributed by atoms with Gasteiger partial charge in [-0.2, -0.15) is 0 Å². The fourth-order valence-corrected chi connectivity index (χ4v) is 2.38. The molecule has 0 amide bonds. The standard InChI is InChI=1S/C19H25NO/c1-14-5-7-19(8-6-14)21-13-17(4)20-12-18-10-15(2)9-16(3)11-18/h5-11,17,20H,12-13H2,1-4H3. The topological polar surface area (TPSA) is 21.3 Å². The van der Waals surface area contributed by atoms with Gasteiger partial charge in [0.25, 0.3) is 0 Å². The van der Waals surface area contributed by atoms with E-state index >= 15 is 0 Å². The Morgan fingerprint density at radius 2 is 1.52 bits per heavy atom. The van der Waals surface area contributed by atoms with Gasteiger partial charge < -0.3 is 10.1 Å². The number of ether oxygens (including phenoxy) is 1. The zero-order chi connectivity index (χ0) is 15.2. The third-order valence-corrected chi connectivity index (χ3v) is 3.46. The summed E-state index contributed by atoms with van der Waals surface area (Å²) >= 11 is 0. The van der Waals surface area contributed by atoms with Crippen molar-refractivity contribution in [3.63, 3.8) is 0 Å². The van der Waals surface area contributed by atoms with Crippen LogP contribution in [0, 0.1) is 20.8 Å². The van der Waals surface area contributed by atoms with Crippen molar-refractivity contribution in [1.29, 1.82) is 0 Å². The quantitative estimate of drug-likeness (QED) is 0.859. The minimum Gasteiger partial charge on any atom is -0.492 e. The van der Waals surface area contributed by atoms with E-state index in [4.69, 9.17) is 4.74 Å². The van der Waals surface area contributed by atoms with Crippen LogP contribution < -0.4 is 10.1 Å². The van der Waals surface area contributed by atoms with Crippen LogP contribution in [0.5, 0.6) is 5.75 Å². The number of benzene rings is 2. The first-order valence-corrected chi connectivity index (χ1v) is 7.53. The van der Waals surface area contributed by atoms with E-state index in [2.05, 4.69) is 63.3 Å². The molecule has 0 radical (unpaired) electrons. The van der Waals surface area contributed by atoms with Crippen molar-refractivity contribution >= 4 is 0 Å². The molecule has 0 saturated carbocycles. The lowest BCUT2D eigenvalue weighted by Gasteiger charge is -2.15. The van der Waals surface area contributed by atoms with Gasteiger partial charge in [0, 0.05) is 12.6 Å². The van der Waals surface area contributed by atoms with E-state index in [1.54, 1.807) is 0 Å². The van der Waals surface area contributed by atoms with Crippen LogP contribution in [0.15, 0.2) is 42.5 Å². The van der Waals surface area contributed by atoms with Crippen molar-refractivity contribution in [3.05, 3.63) is 64.7 Å².